The summed E-state index contributed by atoms with van der Waals surface area (Å²) in [5, 5.41) is 20.4. The Bertz CT molecular complexity index is 1600. The fraction of sp³-hybridized carbons (Fsp3) is 0.219. The number of benzene rings is 3. The summed E-state index contributed by atoms with van der Waals surface area (Å²) in [7, 11) is 0. The van der Waals surface area contributed by atoms with E-state index in [0.717, 1.165) is 40.9 Å². The molecule has 0 radical (unpaired) electrons. The summed E-state index contributed by atoms with van der Waals surface area (Å²) < 4.78 is 7.51. The monoisotopic (exact) mass is 555 g/mol. The Kier molecular flexibility index (Phi) is 8.62. The van der Waals surface area contributed by atoms with Gasteiger partial charge in [-0.3, -0.25) is 9.20 Å². The highest BCUT2D eigenvalue weighted by Gasteiger charge is 2.18. The minimum absolute atomic E-state index is 0.0710. The summed E-state index contributed by atoms with van der Waals surface area (Å²) in [6, 6.07) is 25.5. The van der Waals surface area contributed by atoms with Crippen LogP contribution in [0.3, 0.4) is 0 Å². The molecule has 2 heterocycles. The third-order valence-electron chi connectivity index (χ3n) is 6.66. The largest absolute Gasteiger partial charge is 0.493 e. The molecule has 0 aliphatic carbocycles. The average Bonchev–Trinajstić information content (AvgIpc) is 3.27. The number of carbonyl (C=O) groups is 1. The van der Waals surface area contributed by atoms with Gasteiger partial charge in [0.15, 0.2) is 5.65 Å². The quantitative estimate of drug-likeness (QED) is 0.161. The SMILES string of the molecule is O=C(O)CCCCCOc1ccc(Cc2nc3c(Cc4ccccc4)nc(-c4ccccc4)cn3c2O)cc1Cl. The molecule has 5 aromatic rings. The molecule has 0 unspecified atom stereocenters. The van der Waals surface area contributed by atoms with E-state index in [-0.39, 0.29) is 12.3 Å². The van der Waals surface area contributed by atoms with Gasteiger partial charge in [-0.1, -0.05) is 78.3 Å². The smallest absolute Gasteiger partial charge is 0.303 e. The lowest BCUT2D eigenvalue weighted by Gasteiger charge is -2.09. The van der Waals surface area contributed by atoms with Gasteiger partial charge in [0.25, 0.3) is 0 Å². The second-order valence-electron chi connectivity index (χ2n) is 9.67. The van der Waals surface area contributed by atoms with Crippen molar-refractivity contribution < 1.29 is 19.7 Å². The van der Waals surface area contributed by atoms with Gasteiger partial charge in [0.05, 0.1) is 23.0 Å². The van der Waals surface area contributed by atoms with Gasteiger partial charge in [-0.05, 0) is 42.5 Å². The van der Waals surface area contributed by atoms with Crippen molar-refractivity contribution in [3.05, 3.63) is 113 Å². The van der Waals surface area contributed by atoms with Crippen LogP contribution in [0.25, 0.3) is 16.9 Å². The Balaban J connectivity index is 1.38. The molecule has 2 aromatic heterocycles. The second kappa shape index (κ2) is 12.7. The van der Waals surface area contributed by atoms with Crippen molar-refractivity contribution in [1.82, 2.24) is 14.4 Å². The Labute approximate surface area is 237 Å². The molecule has 5 rings (SSSR count). The third kappa shape index (κ3) is 6.61. The molecule has 0 bridgehead atoms. The van der Waals surface area contributed by atoms with Gasteiger partial charge in [0.2, 0.25) is 5.88 Å². The van der Waals surface area contributed by atoms with E-state index >= 15 is 0 Å². The lowest BCUT2D eigenvalue weighted by Crippen LogP contribution is -2.00. The van der Waals surface area contributed by atoms with E-state index in [0.29, 0.717) is 48.0 Å². The molecule has 0 fully saturated rings. The summed E-state index contributed by atoms with van der Waals surface area (Å²) in [6.45, 7) is 0.465. The molecule has 0 saturated heterocycles. The maximum atomic E-state index is 11.2. The molecule has 7 nitrogen and oxygen atoms in total. The lowest BCUT2D eigenvalue weighted by molar-refractivity contribution is -0.137. The number of aromatic hydroxyl groups is 1. The number of ether oxygens (including phenoxy) is 1. The van der Waals surface area contributed by atoms with Crippen molar-refractivity contribution >= 4 is 23.2 Å². The zero-order valence-corrected chi connectivity index (χ0v) is 22.7. The van der Waals surface area contributed by atoms with Gasteiger partial charge in [-0.2, -0.15) is 0 Å². The van der Waals surface area contributed by atoms with Gasteiger partial charge in [-0.25, -0.2) is 9.97 Å². The molecule has 0 spiro atoms. The Morgan fingerprint density at radius 3 is 2.30 bits per heavy atom. The second-order valence-corrected chi connectivity index (χ2v) is 10.1. The first-order valence-electron chi connectivity index (χ1n) is 13.3. The fourth-order valence-corrected chi connectivity index (χ4v) is 4.88. The average molecular weight is 556 g/mol. The number of nitrogens with zero attached hydrogens (tertiary/aromatic N) is 3. The van der Waals surface area contributed by atoms with Crippen LogP contribution in [0.4, 0.5) is 0 Å². The normalized spacial score (nSPS) is 11.1. The van der Waals surface area contributed by atoms with Crippen LogP contribution >= 0.6 is 11.6 Å². The molecular formula is C32H30ClN3O4. The van der Waals surface area contributed by atoms with Gasteiger partial charge in [-0.15, -0.1) is 0 Å². The molecule has 3 aromatic carbocycles. The van der Waals surface area contributed by atoms with Crippen molar-refractivity contribution in [3.8, 4) is 22.9 Å². The van der Waals surface area contributed by atoms with Gasteiger partial charge in [0.1, 0.15) is 11.4 Å². The summed E-state index contributed by atoms with van der Waals surface area (Å²) in [4.78, 5) is 20.4. The third-order valence-corrected chi connectivity index (χ3v) is 6.96. The number of unbranched alkanes of at least 4 members (excludes halogenated alkanes) is 2. The first-order valence-corrected chi connectivity index (χ1v) is 13.7. The minimum atomic E-state index is -0.781. The molecule has 0 aliphatic rings. The highest BCUT2D eigenvalue weighted by Crippen LogP contribution is 2.31. The Hall–Kier alpha value is -4.36. The van der Waals surface area contributed by atoms with E-state index in [2.05, 4.69) is 12.1 Å². The van der Waals surface area contributed by atoms with Crippen molar-refractivity contribution in [3.63, 3.8) is 0 Å². The number of halogens is 1. The number of hydrogen-bond acceptors (Lipinski definition) is 5. The first-order chi connectivity index (χ1) is 19.5. The van der Waals surface area contributed by atoms with Crippen molar-refractivity contribution in [2.24, 2.45) is 0 Å². The van der Waals surface area contributed by atoms with Gasteiger partial charge in [0, 0.05) is 31.0 Å². The van der Waals surface area contributed by atoms with Crippen LogP contribution in [0, 0.1) is 0 Å². The van der Waals surface area contributed by atoms with Crippen LogP contribution in [0.1, 0.15) is 48.2 Å². The molecule has 2 N–H and O–H groups in total. The Morgan fingerprint density at radius 2 is 1.57 bits per heavy atom. The van der Waals surface area contributed by atoms with Crippen LogP contribution in [-0.2, 0) is 17.6 Å². The summed E-state index contributed by atoms with van der Waals surface area (Å²) >= 11 is 6.50. The van der Waals surface area contributed by atoms with Crippen LogP contribution in [0.2, 0.25) is 5.02 Å². The Morgan fingerprint density at radius 1 is 0.850 bits per heavy atom. The van der Waals surface area contributed by atoms with E-state index in [1.165, 1.54) is 0 Å². The predicted molar refractivity (Wildman–Crippen MR) is 155 cm³/mol. The number of carboxylic acid groups (broad SMARTS) is 1. The highest BCUT2D eigenvalue weighted by molar-refractivity contribution is 6.32. The topological polar surface area (TPSA) is 97.0 Å². The maximum absolute atomic E-state index is 11.2. The van der Waals surface area contributed by atoms with Crippen molar-refractivity contribution in [2.75, 3.05) is 6.61 Å². The minimum Gasteiger partial charge on any atom is -0.493 e. The van der Waals surface area contributed by atoms with Crippen molar-refractivity contribution in [2.45, 2.75) is 38.5 Å². The van der Waals surface area contributed by atoms with Crippen LogP contribution in [-0.4, -0.2) is 37.2 Å². The van der Waals surface area contributed by atoms with E-state index in [1.807, 2.05) is 72.9 Å². The van der Waals surface area contributed by atoms with Crippen LogP contribution in [0.15, 0.2) is 85.1 Å². The van der Waals surface area contributed by atoms with E-state index in [9.17, 15) is 9.90 Å². The molecular weight excluding hydrogens is 526 g/mol. The predicted octanol–water partition coefficient (Wildman–Crippen LogP) is 6.96. The van der Waals surface area contributed by atoms with Crippen LogP contribution < -0.4 is 4.74 Å². The molecule has 0 atom stereocenters. The van der Waals surface area contributed by atoms with E-state index in [4.69, 9.17) is 31.4 Å². The van der Waals surface area contributed by atoms with E-state index < -0.39 is 5.97 Å². The zero-order valence-electron chi connectivity index (χ0n) is 22.0. The van der Waals surface area contributed by atoms with Crippen LogP contribution in [0.5, 0.6) is 11.6 Å². The molecule has 0 aliphatic heterocycles. The molecule has 0 saturated carbocycles. The molecule has 0 amide bonds. The lowest BCUT2D eigenvalue weighted by atomic mass is 10.1. The number of carboxylic acids is 1. The number of aliphatic carboxylic acids is 1. The first kappa shape index (κ1) is 27.2. The summed E-state index contributed by atoms with van der Waals surface area (Å²) in [5.74, 6) is -0.136. The summed E-state index contributed by atoms with van der Waals surface area (Å²) in [5.41, 5.74) is 5.63. The standard InChI is InChI=1S/C32H30ClN3O4/c33-25-18-23(15-16-29(25)40-17-9-3-8-14-30(37)38)20-27-32(39)36-21-28(24-12-6-2-7-13-24)34-26(31(36)35-27)19-22-10-4-1-5-11-22/h1-2,4-7,10-13,15-16,18,21,39H,3,8-9,14,17,19-20H2,(H,37,38). The molecule has 8 heteroatoms. The number of imidazole rings is 1. The molecule has 40 heavy (non-hydrogen) atoms. The maximum Gasteiger partial charge on any atom is 0.303 e. The molecule has 204 valence electrons. The fourth-order valence-electron chi connectivity index (χ4n) is 4.62. The number of hydrogen-bond donors (Lipinski definition) is 2. The van der Waals surface area contributed by atoms with E-state index in [1.54, 1.807) is 4.40 Å². The number of aromatic nitrogens is 3. The number of rotatable bonds is 12. The van der Waals surface area contributed by atoms with Crippen molar-refractivity contribution in [1.29, 1.82) is 0 Å². The van der Waals surface area contributed by atoms with Gasteiger partial charge >= 0.3 is 5.97 Å². The highest BCUT2D eigenvalue weighted by atomic mass is 35.5. The summed E-state index contributed by atoms with van der Waals surface area (Å²) in [6.07, 6.45) is 5.12. The zero-order chi connectivity index (χ0) is 27.9. The number of fused-ring (bicyclic) bond motifs is 1. The van der Waals surface area contributed by atoms with Gasteiger partial charge < -0.3 is 14.9 Å².